The van der Waals surface area contributed by atoms with Gasteiger partial charge in [-0.1, -0.05) is 41.4 Å². The number of nitrogens with one attached hydrogen (secondary N) is 1. The van der Waals surface area contributed by atoms with E-state index in [1.165, 1.54) is 0 Å². The molecule has 3 rings (SSSR count). The number of aromatic nitrogens is 2. The molecule has 1 aromatic heterocycles. The molecule has 23 heavy (non-hydrogen) atoms. The Kier molecular flexibility index (Phi) is 4.37. The maximum atomic E-state index is 12.3. The summed E-state index contributed by atoms with van der Waals surface area (Å²) in [4.78, 5) is 12.3. The van der Waals surface area contributed by atoms with Crippen molar-refractivity contribution in [3.8, 4) is 5.69 Å². The molecule has 116 valence electrons. The molecule has 0 atom stereocenters. The molecular formula is C17H13Cl2N3O. The number of anilines is 1. The molecule has 0 aliphatic rings. The summed E-state index contributed by atoms with van der Waals surface area (Å²) in [7, 11) is 0. The molecule has 2 aromatic carbocycles. The minimum Gasteiger partial charge on any atom is -0.305 e. The van der Waals surface area contributed by atoms with Crippen LogP contribution in [0.2, 0.25) is 10.0 Å². The highest BCUT2D eigenvalue weighted by Crippen LogP contribution is 2.20. The van der Waals surface area contributed by atoms with Gasteiger partial charge in [-0.15, -0.1) is 5.10 Å². The number of para-hydroxylation sites is 1. The van der Waals surface area contributed by atoms with Crippen molar-refractivity contribution in [2.45, 2.75) is 6.92 Å². The smallest absolute Gasteiger partial charge is 0.256 e. The van der Waals surface area contributed by atoms with Gasteiger partial charge in [0.2, 0.25) is 0 Å². The van der Waals surface area contributed by atoms with Crippen LogP contribution in [0.4, 0.5) is 5.82 Å². The summed E-state index contributed by atoms with van der Waals surface area (Å²) >= 11 is 11.8. The van der Waals surface area contributed by atoms with Crippen molar-refractivity contribution in [3.05, 3.63) is 75.9 Å². The minimum absolute atomic E-state index is 0.313. The summed E-state index contributed by atoms with van der Waals surface area (Å²) in [5.74, 6) is 0.152. The monoisotopic (exact) mass is 345 g/mol. The topological polar surface area (TPSA) is 46.9 Å². The van der Waals surface area contributed by atoms with E-state index in [2.05, 4.69) is 10.4 Å². The molecule has 6 heteroatoms. The van der Waals surface area contributed by atoms with Crippen LogP contribution in [0.5, 0.6) is 0 Å². The molecule has 0 aliphatic carbocycles. The first-order valence-corrected chi connectivity index (χ1v) is 7.68. The Morgan fingerprint density at radius 1 is 1.04 bits per heavy atom. The average Bonchev–Trinajstić information content (AvgIpc) is 2.87. The van der Waals surface area contributed by atoms with Crippen molar-refractivity contribution in [1.82, 2.24) is 9.78 Å². The highest BCUT2D eigenvalue weighted by molar-refractivity contribution is 6.35. The standard InChI is InChI=1S/C17H13Cl2N3O/c1-11-7-16(21-22(11)15-5-3-2-4-6-15)20-17(23)12-8-13(18)10-14(19)9-12/h2-10H,1H3,(H,20,21,23). The van der Waals surface area contributed by atoms with Crippen LogP contribution in [0.1, 0.15) is 16.1 Å². The molecule has 3 aromatic rings. The van der Waals surface area contributed by atoms with Crippen LogP contribution >= 0.6 is 23.2 Å². The van der Waals surface area contributed by atoms with Crippen LogP contribution in [0.15, 0.2) is 54.6 Å². The number of nitrogens with zero attached hydrogens (tertiary/aromatic N) is 2. The Morgan fingerprint density at radius 3 is 2.35 bits per heavy atom. The number of hydrogen-bond donors (Lipinski definition) is 1. The average molecular weight is 346 g/mol. The van der Waals surface area contributed by atoms with E-state index in [-0.39, 0.29) is 5.91 Å². The third-order valence-corrected chi connectivity index (χ3v) is 3.69. The van der Waals surface area contributed by atoms with Gasteiger partial charge in [-0.2, -0.15) is 0 Å². The number of benzene rings is 2. The Hall–Kier alpha value is -2.30. The molecule has 0 bridgehead atoms. The van der Waals surface area contributed by atoms with Crippen LogP contribution in [0.3, 0.4) is 0 Å². The van der Waals surface area contributed by atoms with Gasteiger partial charge in [0.15, 0.2) is 5.82 Å². The highest BCUT2D eigenvalue weighted by atomic mass is 35.5. The van der Waals surface area contributed by atoms with Crippen molar-refractivity contribution in [2.75, 3.05) is 5.32 Å². The third kappa shape index (κ3) is 3.55. The lowest BCUT2D eigenvalue weighted by Gasteiger charge is -2.04. The van der Waals surface area contributed by atoms with Crippen molar-refractivity contribution < 1.29 is 4.79 Å². The fraction of sp³-hybridized carbons (Fsp3) is 0.0588. The summed E-state index contributed by atoms with van der Waals surface area (Å²) in [5, 5.41) is 7.99. The van der Waals surface area contributed by atoms with E-state index in [4.69, 9.17) is 23.2 Å². The zero-order chi connectivity index (χ0) is 16.4. The third-order valence-electron chi connectivity index (χ3n) is 3.25. The van der Waals surface area contributed by atoms with E-state index < -0.39 is 0 Å². The van der Waals surface area contributed by atoms with Crippen molar-refractivity contribution in [1.29, 1.82) is 0 Å². The number of halogens is 2. The second-order valence-corrected chi connectivity index (χ2v) is 5.90. The molecule has 0 unspecified atom stereocenters. The summed E-state index contributed by atoms with van der Waals surface area (Å²) in [6, 6.07) is 16.2. The molecule has 0 saturated carbocycles. The summed E-state index contributed by atoms with van der Waals surface area (Å²) in [6.45, 7) is 1.92. The second-order valence-electron chi connectivity index (χ2n) is 5.03. The Labute approximate surface area is 143 Å². The number of rotatable bonds is 3. The highest BCUT2D eigenvalue weighted by Gasteiger charge is 2.12. The van der Waals surface area contributed by atoms with Gasteiger partial charge >= 0.3 is 0 Å². The SMILES string of the molecule is Cc1cc(NC(=O)c2cc(Cl)cc(Cl)c2)nn1-c1ccccc1. The van der Waals surface area contributed by atoms with E-state index in [0.29, 0.717) is 21.4 Å². The largest absolute Gasteiger partial charge is 0.305 e. The Morgan fingerprint density at radius 2 is 1.70 bits per heavy atom. The van der Waals surface area contributed by atoms with Crippen molar-refractivity contribution >= 4 is 34.9 Å². The van der Waals surface area contributed by atoms with Crippen LogP contribution in [-0.2, 0) is 0 Å². The van der Waals surface area contributed by atoms with E-state index in [0.717, 1.165) is 11.4 Å². The zero-order valence-electron chi connectivity index (χ0n) is 12.3. The molecule has 1 N–H and O–H groups in total. The van der Waals surface area contributed by atoms with E-state index in [1.807, 2.05) is 37.3 Å². The maximum Gasteiger partial charge on any atom is 0.256 e. The number of amides is 1. The van der Waals surface area contributed by atoms with Gasteiger partial charge in [-0.25, -0.2) is 4.68 Å². The first kappa shape index (κ1) is 15.6. The molecule has 0 saturated heterocycles. The molecular weight excluding hydrogens is 333 g/mol. The lowest BCUT2D eigenvalue weighted by atomic mass is 10.2. The van der Waals surface area contributed by atoms with Crippen LogP contribution in [-0.4, -0.2) is 15.7 Å². The molecule has 0 radical (unpaired) electrons. The van der Waals surface area contributed by atoms with Gasteiger partial charge in [-0.3, -0.25) is 4.79 Å². The summed E-state index contributed by atoms with van der Waals surface area (Å²) in [6.07, 6.45) is 0. The lowest BCUT2D eigenvalue weighted by molar-refractivity contribution is 0.102. The molecule has 1 heterocycles. The quantitative estimate of drug-likeness (QED) is 0.745. The molecule has 1 amide bonds. The first-order valence-electron chi connectivity index (χ1n) is 6.92. The number of aryl methyl sites for hydroxylation is 1. The normalized spacial score (nSPS) is 10.6. The lowest BCUT2D eigenvalue weighted by Crippen LogP contribution is -2.12. The Bertz CT molecular complexity index is 839. The van der Waals surface area contributed by atoms with Crippen LogP contribution in [0, 0.1) is 6.92 Å². The number of hydrogen-bond acceptors (Lipinski definition) is 2. The van der Waals surface area contributed by atoms with E-state index in [9.17, 15) is 4.79 Å². The maximum absolute atomic E-state index is 12.3. The summed E-state index contributed by atoms with van der Waals surface area (Å²) in [5.41, 5.74) is 2.22. The van der Waals surface area contributed by atoms with E-state index >= 15 is 0 Å². The predicted octanol–water partition coefficient (Wildman–Crippen LogP) is 4.74. The minimum atomic E-state index is -0.313. The molecule has 0 aliphatic heterocycles. The fourth-order valence-electron chi connectivity index (χ4n) is 2.24. The van der Waals surface area contributed by atoms with Crippen LogP contribution in [0.25, 0.3) is 5.69 Å². The number of carbonyl (C=O) groups is 1. The fourth-order valence-corrected chi connectivity index (χ4v) is 2.77. The Balaban J connectivity index is 1.85. The second kappa shape index (κ2) is 6.44. The van der Waals surface area contributed by atoms with Crippen molar-refractivity contribution in [2.24, 2.45) is 0 Å². The molecule has 0 fully saturated rings. The van der Waals surface area contributed by atoms with Crippen molar-refractivity contribution in [3.63, 3.8) is 0 Å². The van der Waals surface area contributed by atoms with Gasteiger partial charge < -0.3 is 5.32 Å². The molecule has 4 nitrogen and oxygen atoms in total. The van der Waals surface area contributed by atoms with Crippen LogP contribution < -0.4 is 5.32 Å². The predicted molar refractivity (Wildman–Crippen MR) is 92.7 cm³/mol. The van der Waals surface area contributed by atoms with Gasteiger partial charge in [0, 0.05) is 27.4 Å². The van der Waals surface area contributed by atoms with Gasteiger partial charge in [0.1, 0.15) is 0 Å². The van der Waals surface area contributed by atoms with Gasteiger partial charge in [0.05, 0.1) is 5.69 Å². The van der Waals surface area contributed by atoms with E-state index in [1.54, 1.807) is 28.9 Å². The van der Waals surface area contributed by atoms with Gasteiger partial charge in [-0.05, 0) is 37.3 Å². The first-order chi connectivity index (χ1) is 11.0. The van der Waals surface area contributed by atoms with Gasteiger partial charge in [0.25, 0.3) is 5.91 Å². The number of carbonyl (C=O) groups excluding carboxylic acids is 1. The summed E-state index contributed by atoms with van der Waals surface area (Å²) < 4.78 is 1.76. The molecule has 0 spiro atoms. The zero-order valence-corrected chi connectivity index (χ0v) is 13.8.